The number of aliphatic hydroxyl groups excluding tert-OH is 1. The quantitative estimate of drug-likeness (QED) is 0.131. The van der Waals surface area contributed by atoms with Crippen LogP contribution in [0, 0.1) is 17.8 Å². The Bertz CT molecular complexity index is 1560. The second kappa shape index (κ2) is 11.0. The number of likely N-dealkylation sites (tertiary alicyclic amines) is 1. The van der Waals surface area contributed by atoms with Crippen molar-refractivity contribution in [3.05, 3.63) is 65.7 Å². The van der Waals surface area contributed by atoms with Gasteiger partial charge in [-0.05, 0) is 54.1 Å². The second-order valence-electron chi connectivity index (χ2n) is 11.1. The van der Waals surface area contributed by atoms with E-state index in [1.165, 1.54) is 24.3 Å². The number of hydrogen-bond acceptors (Lipinski definition) is 8. The monoisotopic (exact) mass is 690 g/mol. The molecule has 4 aliphatic rings. The van der Waals surface area contributed by atoms with Crippen LogP contribution in [0.2, 0.25) is 0 Å². The maximum absolute atomic E-state index is 14.1. The number of rotatable bonds is 7. The smallest absolute Gasteiger partial charge is 0.488 e. The molecule has 0 radical (unpaired) electrons. The van der Waals surface area contributed by atoms with Crippen LogP contribution < -0.4 is 15.1 Å². The third-order valence-corrected chi connectivity index (χ3v) is 10.9. The highest BCUT2D eigenvalue weighted by Gasteiger charge is 2.76. The molecule has 2 aliphatic carbocycles. The lowest BCUT2D eigenvalue weighted by molar-refractivity contribution is -0.138. The summed E-state index contributed by atoms with van der Waals surface area (Å²) < 4.78 is 5.49. The molecule has 14 heteroatoms. The van der Waals surface area contributed by atoms with Crippen molar-refractivity contribution in [2.45, 2.75) is 28.5 Å². The Balaban J connectivity index is 1.46. The van der Waals surface area contributed by atoms with Crippen molar-refractivity contribution in [1.29, 1.82) is 0 Å². The topological polar surface area (TPSA) is 145 Å². The highest BCUT2D eigenvalue weighted by Crippen LogP contribution is 2.65. The predicted molar refractivity (Wildman–Crippen MR) is 161 cm³/mol. The fourth-order valence-electron chi connectivity index (χ4n) is 7.13. The van der Waals surface area contributed by atoms with Gasteiger partial charge in [0.15, 0.2) is 9.75 Å². The molecule has 0 spiro atoms. The summed E-state index contributed by atoms with van der Waals surface area (Å²) in [7, 11) is -1.79. The molecule has 2 aromatic carbocycles. The molecule has 2 saturated heterocycles. The van der Waals surface area contributed by atoms with E-state index in [0.717, 1.165) is 9.80 Å². The Morgan fingerprint density at radius 3 is 2.37 bits per heavy atom. The molecule has 6 atom stereocenters. The molecule has 10 nitrogen and oxygen atoms in total. The first kappa shape index (κ1) is 30.3. The number of amides is 4. The number of halogens is 3. The molecule has 3 N–H and O–H groups in total. The number of anilines is 1. The van der Waals surface area contributed by atoms with E-state index in [4.69, 9.17) is 33.0 Å². The number of ether oxygens (including phenoxy) is 1. The highest BCUT2D eigenvalue weighted by molar-refractivity contribution is 9.09. The van der Waals surface area contributed by atoms with Crippen LogP contribution >= 0.6 is 39.1 Å². The van der Waals surface area contributed by atoms with Crippen LogP contribution in [-0.4, -0.2) is 79.2 Å². The average Bonchev–Trinajstić information content (AvgIpc) is 3.34. The Kier molecular flexibility index (Phi) is 7.76. The molecule has 43 heavy (non-hydrogen) atoms. The molecule has 2 aromatic rings. The maximum Gasteiger partial charge on any atom is 0.488 e. The molecular formula is C29H26BBrCl2N2O8. The van der Waals surface area contributed by atoms with Gasteiger partial charge >= 0.3 is 7.12 Å². The summed E-state index contributed by atoms with van der Waals surface area (Å²) in [6, 6.07) is 12.6. The molecule has 2 aliphatic heterocycles. The first-order valence-electron chi connectivity index (χ1n) is 13.7. The number of allylic oxidation sites excluding steroid dienone is 2. The van der Waals surface area contributed by atoms with Crippen LogP contribution in [0.3, 0.4) is 0 Å². The highest BCUT2D eigenvalue weighted by atomic mass is 79.9. The second-order valence-corrected chi connectivity index (χ2v) is 12.9. The maximum atomic E-state index is 14.1. The lowest BCUT2D eigenvalue weighted by Gasteiger charge is -2.50. The molecule has 0 unspecified atom stereocenters. The van der Waals surface area contributed by atoms with Crippen molar-refractivity contribution in [3.8, 4) is 5.75 Å². The molecule has 2 heterocycles. The number of carbonyl (C=O) groups is 4. The van der Waals surface area contributed by atoms with Crippen molar-refractivity contribution >= 4 is 81.0 Å². The molecule has 0 bridgehead atoms. The van der Waals surface area contributed by atoms with Crippen molar-refractivity contribution in [1.82, 2.24) is 4.90 Å². The summed E-state index contributed by atoms with van der Waals surface area (Å²) in [4.78, 5) is 53.6. The van der Waals surface area contributed by atoms with E-state index in [-0.39, 0.29) is 42.7 Å². The van der Waals surface area contributed by atoms with Crippen LogP contribution in [0.25, 0.3) is 0 Å². The van der Waals surface area contributed by atoms with Crippen molar-refractivity contribution < 1.29 is 39.1 Å². The summed E-state index contributed by atoms with van der Waals surface area (Å²) in [5.41, 5.74) is 1.42. The minimum absolute atomic E-state index is 0.0866. The third kappa shape index (κ3) is 4.33. The van der Waals surface area contributed by atoms with Crippen LogP contribution in [0.15, 0.2) is 60.2 Å². The first-order valence-corrected chi connectivity index (χ1v) is 15.5. The number of nitrogens with zero attached hydrogens (tertiary/aromatic N) is 2. The van der Waals surface area contributed by atoms with Gasteiger partial charge in [0.25, 0.3) is 11.8 Å². The van der Waals surface area contributed by atoms with Gasteiger partial charge < -0.3 is 19.9 Å². The molecule has 3 fully saturated rings. The number of hydrogen-bond donors (Lipinski definition) is 3. The van der Waals surface area contributed by atoms with E-state index >= 15 is 0 Å². The van der Waals surface area contributed by atoms with Gasteiger partial charge in [-0.2, -0.15) is 0 Å². The fourth-order valence-corrected chi connectivity index (χ4v) is 8.55. The lowest BCUT2D eigenvalue weighted by Crippen LogP contribution is -2.60. The largest absolute Gasteiger partial charge is 0.491 e. The van der Waals surface area contributed by atoms with Gasteiger partial charge in [0.2, 0.25) is 11.8 Å². The van der Waals surface area contributed by atoms with Gasteiger partial charge in [-0.3, -0.25) is 29.0 Å². The van der Waals surface area contributed by atoms with E-state index in [0.29, 0.717) is 16.9 Å². The molecule has 1 saturated carbocycles. The van der Waals surface area contributed by atoms with Gasteiger partial charge in [0.05, 0.1) is 29.6 Å². The van der Waals surface area contributed by atoms with E-state index in [9.17, 15) is 29.2 Å². The molecule has 4 amide bonds. The standard InChI is InChI=1S/C29H26BBrCl2N2O8/c31-14-34-26(39)28(32)13-21-19(23(29(28,33)27(34)40)15-4-6-18(7-5-15)43-11-10-36)8-9-20-22(21)25(38)35(24(20)37)17-3-1-2-16(12-17)30(41)42/h1-8,12,20-23,36,41-42H,9-11,13-14H2/t20-,21+,22-,23-,28+,29-/m0/s1. The number of benzene rings is 2. The number of fused-ring (bicyclic) bond motifs is 4. The van der Waals surface area contributed by atoms with Crippen molar-refractivity contribution in [2.24, 2.45) is 17.8 Å². The first-order chi connectivity index (χ1) is 20.5. The SMILES string of the molecule is O=C1[C@H]2[C@H](CC=C3[C@H]2C[C@@]2(Cl)C(=O)N(CBr)C(=O)[C@@]2(Cl)[C@H]3c2ccc(OCCO)cc2)C(=O)N1c1cccc(B(O)O)c1. The zero-order valence-electron chi connectivity index (χ0n) is 22.5. The average molecular weight is 692 g/mol. The van der Waals surface area contributed by atoms with Crippen LogP contribution in [0.1, 0.15) is 24.3 Å². The number of alkyl halides is 3. The van der Waals surface area contributed by atoms with E-state index in [1.807, 2.05) is 6.08 Å². The van der Waals surface area contributed by atoms with Crippen LogP contribution in [0.4, 0.5) is 5.69 Å². The van der Waals surface area contributed by atoms with Crippen LogP contribution in [-0.2, 0) is 19.2 Å². The van der Waals surface area contributed by atoms with Gasteiger partial charge in [0, 0.05) is 5.92 Å². The molecule has 6 rings (SSSR count). The van der Waals surface area contributed by atoms with E-state index in [2.05, 4.69) is 15.9 Å². The van der Waals surface area contributed by atoms with Crippen LogP contribution in [0.5, 0.6) is 5.75 Å². The Hall–Kier alpha value is -2.74. The summed E-state index contributed by atoms with van der Waals surface area (Å²) in [6.45, 7) is -0.0853. The Morgan fingerprint density at radius 2 is 1.72 bits per heavy atom. The van der Waals surface area contributed by atoms with E-state index < -0.39 is 64.2 Å². The lowest BCUT2D eigenvalue weighted by atomic mass is 9.56. The number of carbonyl (C=O) groups excluding carboxylic acids is 4. The van der Waals surface area contributed by atoms with Crippen molar-refractivity contribution in [2.75, 3.05) is 23.6 Å². The minimum atomic E-state index is -1.92. The number of aliphatic hydroxyl groups is 1. The van der Waals surface area contributed by atoms with Gasteiger partial charge in [-0.15, -0.1) is 23.2 Å². The zero-order valence-corrected chi connectivity index (χ0v) is 25.6. The predicted octanol–water partition coefficient (Wildman–Crippen LogP) is 1.65. The van der Waals surface area contributed by atoms with Gasteiger partial charge in [0.1, 0.15) is 12.4 Å². The third-order valence-electron chi connectivity index (χ3n) is 9.01. The molecule has 0 aromatic heterocycles. The summed E-state index contributed by atoms with van der Waals surface area (Å²) >= 11 is 17.7. The van der Waals surface area contributed by atoms with Crippen molar-refractivity contribution in [3.63, 3.8) is 0 Å². The van der Waals surface area contributed by atoms with Gasteiger partial charge in [-0.25, -0.2) is 0 Å². The zero-order chi connectivity index (χ0) is 30.8. The summed E-state index contributed by atoms with van der Waals surface area (Å²) in [5, 5.41) is 28.4. The normalized spacial score (nSPS) is 31.5. The van der Waals surface area contributed by atoms with Gasteiger partial charge in [-0.1, -0.05) is 51.8 Å². The Labute approximate surface area is 265 Å². The Morgan fingerprint density at radius 1 is 1.00 bits per heavy atom. The molecule has 224 valence electrons. The fraction of sp³-hybridized carbons (Fsp3) is 0.379. The molecular weight excluding hydrogens is 666 g/mol. The minimum Gasteiger partial charge on any atom is -0.491 e. The van der Waals surface area contributed by atoms with E-state index in [1.54, 1.807) is 24.3 Å². The number of imide groups is 2. The summed E-state index contributed by atoms with van der Waals surface area (Å²) in [6.07, 6.45) is 1.89. The summed E-state index contributed by atoms with van der Waals surface area (Å²) in [5.74, 6) is -5.06.